The first kappa shape index (κ1) is 25.6. The Labute approximate surface area is 181 Å². The second kappa shape index (κ2) is 14.6. The maximum atomic E-state index is 8.89. The van der Waals surface area contributed by atoms with Crippen molar-refractivity contribution in [3.8, 4) is 0 Å². The molecule has 3 aromatic rings. The molecule has 0 aliphatic heterocycles. The zero-order valence-corrected chi connectivity index (χ0v) is 19.0. The van der Waals surface area contributed by atoms with Crippen LogP contribution < -0.4 is 20.8 Å². The number of aromatic nitrogens is 3. The molecule has 3 heterocycles. The second-order valence-electron chi connectivity index (χ2n) is 5.07. The van der Waals surface area contributed by atoms with Crippen molar-refractivity contribution in [2.24, 2.45) is 0 Å². The largest absolute Gasteiger partial charge is 2.00 e. The fourth-order valence-corrected chi connectivity index (χ4v) is 1.71. The van der Waals surface area contributed by atoms with E-state index in [4.69, 9.17) is 19.8 Å². The van der Waals surface area contributed by atoms with E-state index < -0.39 is 11.9 Å². The maximum Gasteiger partial charge on any atom is 2.00 e. The molecule has 0 unspecified atom stereocenters. The molecule has 9 nitrogen and oxygen atoms in total. The molecule has 3 rings (SSSR count). The molecule has 0 aliphatic carbocycles. The van der Waals surface area contributed by atoms with Crippen molar-refractivity contribution in [3.05, 3.63) is 67.0 Å². The van der Waals surface area contributed by atoms with Gasteiger partial charge in [-0.25, -0.2) is 15.0 Å². The molecule has 3 aromatic heterocycles. The quantitative estimate of drug-likeness (QED) is 0.558. The summed E-state index contributed by atoms with van der Waals surface area (Å²) in [7, 11) is 0. The number of carbonyl (C=O) groups excluding carboxylic acids is 2. The van der Waals surface area contributed by atoms with E-state index >= 15 is 0 Å². The van der Waals surface area contributed by atoms with Gasteiger partial charge in [0.15, 0.2) is 0 Å². The van der Waals surface area contributed by atoms with Crippen molar-refractivity contribution in [2.45, 2.75) is 13.8 Å². The Morgan fingerprint density at radius 3 is 1.34 bits per heavy atom. The van der Waals surface area contributed by atoms with Crippen LogP contribution in [0.2, 0.25) is 0 Å². The molecule has 10 heteroatoms. The van der Waals surface area contributed by atoms with Crippen LogP contribution in [0.1, 0.15) is 13.8 Å². The Kier molecular flexibility index (Phi) is 12.9. The van der Waals surface area contributed by atoms with Crippen LogP contribution >= 0.6 is 0 Å². The SMILES string of the molecule is CC(=O)[O-].CC(=O)[O-].[Zn+2].c1ccc(Nc2cccc(Nc3ccccn3)n2)nc1. The zero-order valence-electron chi connectivity index (χ0n) is 16.0. The first-order chi connectivity index (χ1) is 13.4. The Hall–Kier alpha value is -3.39. The molecule has 0 radical (unpaired) electrons. The third kappa shape index (κ3) is 13.4. The number of rotatable bonds is 4. The Morgan fingerprint density at radius 2 is 1.03 bits per heavy atom. The zero-order chi connectivity index (χ0) is 20.8. The summed E-state index contributed by atoms with van der Waals surface area (Å²) in [4.78, 5) is 30.6. The van der Waals surface area contributed by atoms with Gasteiger partial charge in [-0.2, -0.15) is 0 Å². The molecule has 0 fully saturated rings. The molecular formula is C19H19N5O4Zn. The van der Waals surface area contributed by atoms with E-state index in [1.807, 2.05) is 54.6 Å². The van der Waals surface area contributed by atoms with Crippen molar-refractivity contribution in [3.63, 3.8) is 0 Å². The van der Waals surface area contributed by atoms with Crippen LogP contribution in [0.4, 0.5) is 23.3 Å². The first-order valence-corrected chi connectivity index (χ1v) is 8.05. The number of pyridine rings is 3. The molecule has 146 valence electrons. The summed E-state index contributed by atoms with van der Waals surface area (Å²) in [6.07, 6.45) is 3.47. The van der Waals surface area contributed by atoms with Crippen molar-refractivity contribution in [1.29, 1.82) is 0 Å². The average molecular weight is 447 g/mol. The van der Waals surface area contributed by atoms with Crippen LogP contribution in [-0.2, 0) is 29.1 Å². The number of carboxylic acids is 2. The number of aliphatic carboxylic acids is 2. The van der Waals surface area contributed by atoms with Crippen LogP contribution in [0.15, 0.2) is 67.0 Å². The van der Waals surface area contributed by atoms with Crippen molar-refractivity contribution in [2.75, 3.05) is 10.6 Å². The second-order valence-corrected chi connectivity index (χ2v) is 5.07. The van der Waals surface area contributed by atoms with Gasteiger partial charge in [0, 0.05) is 24.3 Å². The average Bonchev–Trinajstić information content (AvgIpc) is 2.63. The number of nitrogens with one attached hydrogen (secondary N) is 2. The van der Waals surface area contributed by atoms with E-state index in [-0.39, 0.29) is 19.5 Å². The van der Waals surface area contributed by atoms with E-state index in [1.54, 1.807) is 12.4 Å². The molecule has 0 bridgehead atoms. The topological polar surface area (TPSA) is 143 Å². The third-order valence-electron chi connectivity index (χ3n) is 2.59. The summed E-state index contributed by atoms with van der Waals surface area (Å²) >= 11 is 0. The number of nitrogens with zero attached hydrogens (tertiary/aromatic N) is 3. The van der Waals surface area contributed by atoms with Crippen LogP contribution in [0, 0.1) is 0 Å². The number of hydrogen-bond donors (Lipinski definition) is 2. The monoisotopic (exact) mass is 445 g/mol. The van der Waals surface area contributed by atoms with Crippen molar-refractivity contribution >= 4 is 35.2 Å². The summed E-state index contributed by atoms with van der Waals surface area (Å²) in [5.74, 6) is 0.805. The number of anilines is 4. The summed E-state index contributed by atoms with van der Waals surface area (Å²) in [5.41, 5.74) is 0. The minimum atomic E-state index is -1.08. The van der Waals surface area contributed by atoms with Crippen LogP contribution in [0.5, 0.6) is 0 Å². The summed E-state index contributed by atoms with van der Waals surface area (Å²) in [5, 5.41) is 24.1. The van der Waals surface area contributed by atoms with Gasteiger partial charge in [-0.1, -0.05) is 18.2 Å². The molecule has 0 aromatic carbocycles. The van der Waals surface area contributed by atoms with Crippen LogP contribution in [0.3, 0.4) is 0 Å². The van der Waals surface area contributed by atoms with Gasteiger partial charge in [-0.05, 0) is 50.2 Å². The summed E-state index contributed by atoms with van der Waals surface area (Å²) in [6, 6.07) is 17.1. The van der Waals surface area contributed by atoms with Gasteiger partial charge in [-0.3, -0.25) is 0 Å². The Balaban J connectivity index is 0.000000752. The van der Waals surface area contributed by atoms with Gasteiger partial charge in [0.2, 0.25) is 0 Å². The molecule has 0 amide bonds. The predicted molar refractivity (Wildman–Crippen MR) is 101 cm³/mol. The first-order valence-electron chi connectivity index (χ1n) is 8.05. The molecule has 2 N–H and O–H groups in total. The predicted octanol–water partition coefficient (Wildman–Crippen LogP) is 0.869. The van der Waals surface area contributed by atoms with Crippen LogP contribution in [0.25, 0.3) is 0 Å². The standard InChI is InChI=1S/C15H13N5.2C2H4O2.Zn/c1-3-10-16-12(6-1)18-14-8-5-9-15(20-14)19-13-7-2-4-11-17-13;2*1-2(3)4;/h1-11H,(H2,16,17,18,19,20);2*1H3,(H,3,4);/q;;;+2/p-2. The van der Waals surface area contributed by atoms with Crippen molar-refractivity contribution in [1.82, 2.24) is 15.0 Å². The molecule has 0 atom stereocenters. The van der Waals surface area contributed by atoms with E-state index in [0.29, 0.717) is 0 Å². The minimum absolute atomic E-state index is 0. The van der Waals surface area contributed by atoms with Gasteiger partial charge in [0.05, 0.1) is 0 Å². The summed E-state index contributed by atoms with van der Waals surface area (Å²) in [6.45, 7) is 1.94. The Morgan fingerprint density at radius 1 is 0.690 bits per heavy atom. The number of carbonyl (C=O) groups is 2. The van der Waals surface area contributed by atoms with E-state index in [1.165, 1.54) is 0 Å². The fourth-order valence-electron chi connectivity index (χ4n) is 1.71. The molecule has 29 heavy (non-hydrogen) atoms. The van der Waals surface area contributed by atoms with Gasteiger partial charge in [-0.15, -0.1) is 0 Å². The van der Waals surface area contributed by atoms with E-state index in [9.17, 15) is 0 Å². The van der Waals surface area contributed by atoms with E-state index in [2.05, 4.69) is 25.6 Å². The van der Waals surface area contributed by atoms with Gasteiger partial charge in [0.1, 0.15) is 23.3 Å². The van der Waals surface area contributed by atoms with Gasteiger partial charge < -0.3 is 30.4 Å². The molecular weight excluding hydrogens is 428 g/mol. The maximum absolute atomic E-state index is 8.89. The molecule has 0 spiro atoms. The Bertz CT molecular complexity index is 790. The van der Waals surface area contributed by atoms with E-state index in [0.717, 1.165) is 37.1 Å². The molecule has 0 saturated carbocycles. The smallest absolute Gasteiger partial charge is 0.550 e. The molecule has 0 aliphatic rings. The van der Waals surface area contributed by atoms with Gasteiger partial charge in [0.25, 0.3) is 0 Å². The number of hydrogen-bond acceptors (Lipinski definition) is 9. The minimum Gasteiger partial charge on any atom is -0.550 e. The normalized spacial score (nSPS) is 8.62. The van der Waals surface area contributed by atoms with Gasteiger partial charge >= 0.3 is 19.5 Å². The summed E-state index contributed by atoms with van der Waals surface area (Å²) < 4.78 is 0. The van der Waals surface area contributed by atoms with Crippen LogP contribution in [-0.4, -0.2) is 26.9 Å². The van der Waals surface area contributed by atoms with Crippen molar-refractivity contribution < 1.29 is 39.3 Å². The molecule has 0 saturated heterocycles. The number of carboxylic acid groups (broad SMARTS) is 2. The fraction of sp³-hybridized carbons (Fsp3) is 0.105. The third-order valence-corrected chi connectivity index (χ3v) is 2.59.